The molecule has 4 rings (SSSR count). The molecule has 2 aromatic carbocycles. The molecule has 1 unspecified atom stereocenters. The third-order valence-electron chi connectivity index (χ3n) is 6.69. The summed E-state index contributed by atoms with van der Waals surface area (Å²) in [5.41, 5.74) is 4.06. The van der Waals surface area contributed by atoms with Gasteiger partial charge >= 0.3 is 23.9 Å². The summed E-state index contributed by atoms with van der Waals surface area (Å²) in [4.78, 5) is 50.3. The molecule has 1 aromatic heterocycles. The van der Waals surface area contributed by atoms with Crippen LogP contribution in [0, 0.1) is 18.3 Å². The summed E-state index contributed by atoms with van der Waals surface area (Å²) in [5, 5.41) is 9.26. The molecule has 0 saturated carbocycles. The van der Waals surface area contributed by atoms with E-state index in [0.29, 0.717) is 17.5 Å². The van der Waals surface area contributed by atoms with Crippen molar-refractivity contribution in [3.05, 3.63) is 81.7 Å². The van der Waals surface area contributed by atoms with Crippen molar-refractivity contribution in [3.63, 3.8) is 0 Å². The first-order chi connectivity index (χ1) is 20.4. The monoisotopic (exact) mass is 605 g/mol. The molecule has 5 atom stereocenters. The number of nitriles is 1. The van der Waals surface area contributed by atoms with Crippen molar-refractivity contribution in [2.75, 3.05) is 0 Å². The first-order valence-electron chi connectivity index (χ1n) is 13.5. The number of esters is 4. The fraction of sp³-hybridized carbons (Fsp3) is 0.344. The molecule has 1 aliphatic heterocycles. The van der Waals surface area contributed by atoms with Crippen LogP contribution in [0.2, 0.25) is 0 Å². The van der Waals surface area contributed by atoms with Crippen LogP contribution in [0.4, 0.5) is 0 Å². The van der Waals surface area contributed by atoms with E-state index in [1.165, 1.54) is 6.92 Å². The van der Waals surface area contributed by atoms with Gasteiger partial charge in [-0.05, 0) is 53.4 Å². The number of carbonyl (C=O) groups is 4. The second kappa shape index (κ2) is 13.6. The molecule has 1 saturated heterocycles. The van der Waals surface area contributed by atoms with E-state index < -0.39 is 54.6 Å². The maximum absolute atomic E-state index is 12.2. The number of hydrogen-bond donors (Lipinski definition) is 0. The maximum Gasteiger partial charge on any atom is 0.305 e. The van der Waals surface area contributed by atoms with Gasteiger partial charge in [0.15, 0.2) is 12.2 Å². The lowest BCUT2D eigenvalue weighted by molar-refractivity contribution is -0.298. The number of aryl methyl sites for hydroxylation is 1. The third-order valence-corrected chi connectivity index (χ3v) is 7.82. The first-order valence-corrected chi connectivity index (χ1v) is 14.3. The number of thiophene rings is 1. The third kappa shape index (κ3) is 7.85. The topological polar surface area (TPSA) is 138 Å². The minimum absolute atomic E-state index is 0.570. The lowest BCUT2D eigenvalue weighted by Crippen LogP contribution is -2.59. The Morgan fingerprint density at radius 1 is 0.814 bits per heavy atom. The van der Waals surface area contributed by atoms with Crippen molar-refractivity contribution in [1.82, 2.24) is 0 Å². The van der Waals surface area contributed by atoms with Gasteiger partial charge in [0.05, 0.1) is 11.6 Å². The Bertz CT molecular complexity index is 1570. The summed E-state index contributed by atoms with van der Waals surface area (Å²) in [6, 6.07) is 19.2. The van der Waals surface area contributed by atoms with Crippen LogP contribution in [-0.4, -0.2) is 48.5 Å². The predicted molar refractivity (Wildman–Crippen MR) is 154 cm³/mol. The summed E-state index contributed by atoms with van der Waals surface area (Å²) < 4.78 is 28.0. The first kappa shape index (κ1) is 31.4. The standard InChI is InChI=1S/C32H31NO9S/c1-17-9-10-24(14-25(17)15-26-11-12-27(43-26)23-8-6-7-22(13-23)16-33)28-29(38-18(2)34)30(39-19(3)35)31(40-20(4)36)32(42-28)41-21(5)37/h6-14,28-32H,15H2,1-5H3/t28?,29-,30+,31-,32-/m0/s1. The second-order valence-electron chi connectivity index (χ2n) is 10.1. The maximum atomic E-state index is 12.2. The molecule has 224 valence electrons. The van der Waals surface area contributed by atoms with Gasteiger partial charge in [0.1, 0.15) is 6.10 Å². The van der Waals surface area contributed by atoms with Gasteiger partial charge in [0.25, 0.3) is 0 Å². The lowest BCUT2D eigenvalue weighted by atomic mass is 9.90. The number of carbonyl (C=O) groups excluding carboxylic acids is 4. The zero-order valence-electron chi connectivity index (χ0n) is 24.3. The van der Waals surface area contributed by atoms with Gasteiger partial charge in [-0.1, -0.05) is 30.3 Å². The number of rotatable bonds is 8. The molecule has 0 spiro atoms. The molecule has 0 bridgehead atoms. The smallest absolute Gasteiger partial charge is 0.305 e. The van der Waals surface area contributed by atoms with Crippen LogP contribution < -0.4 is 0 Å². The number of nitrogens with zero attached hydrogens (tertiary/aromatic N) is 1. The Labute approximate surface area is 253 Å². The van der Waals surface area contributed by atoms with E-state index in [1.54, 1.807) is 23.5 Å². The van der Waals surface area contributed by atoms with Crippen LogP contribution in [-0.2, 0) is 49.3 Å². The van der Waals surface area contributed by atoms with E-state index in [4.69, 9.17) is 23.7 Å². The van der Waals surface area contributed by atoms with E-state index in [-0.39, 0.29) is 0 Å². The van der Waals surface area contributed by atoms with Crippen molar-refractivity contribution in [2.45, 2.75) is 71.7 Å². The van der Waals surface area contributed by atoms with Crippen LogP contribution in [0.3, 0.4) is 0 Å². The Morgan fingerprint density at radius 3 is 2.12 bits per heavy atom. The molecular formula is C32H31NO9S. The average Bonchev–Trinajstić information content (AvgIpc) is 3.40. The molecule has 2 heterocycles. The highest BCUT2D eigenvalue weighted by Crippen LogP contribution is 2.39. The number of hydrogen-bond acceptors (Lipinski definition) is 11. The summed E-state index contributed by atoms with van der Waals surface area (Å²) in [6.45, 7) is 6.64. The van der Waals surface area contributed by atoms with Crippen molar-refractivity contribution in [2.24, 2.45) is 0 Å². The highest BCUT2D eigenvalue weighted by Gasteiger charge is 2.53. The quantitative estimate of drug-likeness (QED) is 0.256. The highest BCUT2D eigenvalue weighted by atomic mass is 32.1. The number of ether oxygens (including phenoxy) is 5. The highest BCUT2D eigenvalue weighted by molar-refractivity contribution is 7.15. The van der Waals surface area contributed by atoms with Crippen molar-refractivity contribution < 1.29 is 42.9 Å². The summed E-state index contributed by atoms with van der Waals surface area (Å²) in [7, 11) is 0. The summed E-state index contributed by atoms with van der Waals surface area (Å²) >= 11 is 1.61. The average molecular weight is 606 g/mol. The van der Waals surface area contributed by atoms with Crippen molar-refractivity contribution in [3.8, 4) is 16.5 Å². The zero-order valence-corrected chi connectivity index (χ0v) is 25.1. The lowest BCUT2D eigenvalue weighted by Gasteiger charge is -2.44. The fourth-order valence-electron chi connectivity index (χ4n) is 4.92. The van der Waals surface area contributed by atoms with Gasteiger partial charge in [-0.15, -0.1) is 11.3 Å². The van der Waals surface area contributed by atoms with E-state index >= 15 is 0 Å². The Balaban J connectivity index is 1.71. The van der Waals surface area contributed by atoms with Crippen LogP contribution in [0.15, 0.2) is 54.6 Å². The molecule has 43 heavy (non-hydrogen) atoms. The predicted octanol–water partition coefficient (Wildman–Crippen LogP) is 4.94. The molecule has 1 fully saturated rings. The summed E-state index contributed by atoms with van der Waals surface area (Å²) in [6.07, 6.45) is -5.87. The fourth-order valence-corrected chi connectivity index (χ4v) is 5.94. The Hall–Kier alpha value is -4.53. The molecule has 0 aliphatic carbocycles. The molecule has 10 nitrogen and oxygen atoms in total. The second-order valence-corrected chi connectivity index (χ2v) is 11.2. The van der Waals surface area contributed by atoms with Crippen LogP contribution >= 0.6 is 11.3 Å². The van der Waals surface area contributed by atoms with Gasteiger partial charge in [0, 0.05) is 43.9 Å². The normalized spacial score (nSPS) is 21.3. The van der Waals surface area contributed by atoms with Gasteiger partial charge in [-0.2, -0.15) is 5.26 Å². The summed E-state index contributed by atoms with van der Waals surface area (Å²) in [5.74, 6) is -2.86. The number of benzene rings is 2. The molecule has 0 amide bonds. The van der Waals surface area contributed by atoms with Crippen molar-refractivity contribution in [1.29, 1.82) is 5.26 Å². The Kier molecular flexibility index (Phi) is 9.95. The van der Waals surface area contributed by atoms with Gasteiger partial charge in [0.2, 0.25) is 12.4 Å². The molecular weight excluding hydrogens is 574 g/mol. The van der Waals surface area contributed by atoms with Gasteiger partial charge < -0.3 is 23.7 Å². The van der Waals surface area contributed by atoms with E-state index in [0.717, 1.165) is 47.2 Å². The molecule has 0 radical (unpaired) electrons. The Morgan fingerprint density at radius 2 is 1.47 bits per heavy atom. The van der Waals surface area contributed by atoms with E-state index in [9.17, 15) is 24.4 Å². The molecule has 3 aromatic rings. The molecule has 11 heteroatoms. The van der Waals surface area contributed by atoms with E-state index in [2.05, 4.69) is 6.07 Å². The molecule has 1 aliphatic rings. The minimum atomic E-state index is -1.45. The molecule has 0 N–H and O–H groups in total. The van der Waals surface area contributed by atoms with Gasteiger partial charge in [-0.3, -0.25) is 19.2 Å². The van der Waals surface area contributed by atoms with Crippen LogP contribution in [0.25, 0.3) is 10.4 Å². The SMILES string of the molecule is CC(=O)O[C@H]1OC(c2ccc(C)c(Cc3ccc(-c4cccc(C#N)c4)s3)c2)[C@H](OC(C)=O)[C@@H](OC(C)=O)[C@@H]1OC(C)=O. The van der Waals surface area contributed by atoms with Crippen LogP contribution in [0.5, 0.6) is 0 Å². The zero-order chi connectivity index (χ0) is 31.3. The van der Waals surface area contributed by atoms with E-state index in [1.807, 2.05) is 49.4 Å². The minimum Gasteiger partial charge on any atom is -0.455 e. The van der Waals surface area contributed by atoms with Gasteiger partial charge in [-0.25, -0.2) is 0 Å². The van der Waals surface area contributed by atoms with Crippen molar-refractivity contribution >= 4 is 35.2 Å². The van der Waals surface area contributed by atoms with Crippen LogP contribution in [0.1, 0.15) is 60.9 Å². The largest absolute Gasteiger partial charge is 0.455 e.